The van der Waals surface area contributed by atoms with E-state index >= 15 is 0 Å². The van der Waals surface area contributed by atoms with Crippen LogP contribution in [0.3, 0.4) is 0 Å². The summed E-state index contributed by atoms with van der Waals surface area (Å²) in [5, 5.41) is 36.6. The van der Waals surface area contributed by atoms with Gasteiger partial charge in [0.2, 0.25) is 0 Å². The molecule has 0 spiro atoms. The van der Waals surface area contributed by atoms with Crippen LogP contribution in [0.1, 0.15) is 44.1 Å². The maximum Gasteiger partial charge on any atom is 0.472 e. The monoisotopic (exact) mass is 609 g/mol. The number of fused-ring (bicyclic) bond motifs is 3. The van der Waals surface area contributed by atoms with Crippen LogP contribution in [0.15, 0.2) is 24.0 Å². The highest BCUT2D eigenvalue weighted by Gasteiger charge is 2.48. The summed E-state index contributed by atoms with van der Waals surface area (Å²) in [6.07, 6.45) is -4.04. The average Bonchev–Trinajstić information content (AvgIpc) is 3.64. The molecule has 6 heterocycles. The first-order chi connectivity index (χ1) is 19.9. The van der Waals surface area contributed by atoms with Crippen molar-refractivity contribution < 1.29 is 38.6 Å². The van der Waals surface area contributed by atoms with Crippen molar-refractivity contribution in [1.82, 2.24) is 34.4 Å². The predicted molar refractivity (Wildman–Crippen MR) is 143 cm³/mol. The highest BCUT2D eigenvalue weighted by Crippen LogP contribution is 2.50. The van der Waals surface area contributed by atoms with Gasteiger partial charge in [-0.2, -0.15) is 4.99 Å². The molecule has 0 aromatic carbocycles. The second kappa shape index (κ2) is 10.8. The molecule has 3 aromatic rings. The second-order valence-corrected chi connectivity index (χ2v) is 12.0. The molecule has 20 heteroatoms. The molecule has 10 atom stereocenters. The lowest BCUT2D eigenvalue weighted by Gasteiger charge is -2.33. The lowest BCUT2D eigenvalue weighted by atomic mass is 9.86. The maximum atomic E-state index is 13.1. The number of anilines is 1. The van der Waals surface area contributed by atoms with E-state index in [-0.39, 0.29) is 23.3 Å². The number of hydrogen-bond donors (Lipinski definition) is 8. The third kappa shape index (κ3) is 5.01. The van der Waals surface area contributed by atoms with Crippen LogP contribution in [0.4, 0.5) is 11.6 Å². The number of nitrogens with zero attached hydrogens (tertiary/aromatic N) is 7. The minimum Gasteiger partial charge on any atom is -0.390 e. The number of guanidine groups is 1. The third-order valence-corrected chi connectivity index (χ3v) is 8.90. The zero-order valence-corrected chi connectivity index (χ0v) is 23.2. The van der Waals surface area contributed by atoms with Crippen molar-refractivity contribution in [3.8, 4) is 0 Å². The fourth-order valence-corrected chi connectivity index (χ4v) is 6.56. The minimum atomic E-state index is -4.92. The van der Waals surface area contributed by atoms with Gasteiger partial charge >= 0.3 is 7.82 Å². The number of hydrogen-bond acceptors (Lipinski definition) is 16. The van der Waals surface area contributed by atoms with Gasteiger partial charge in [0, 0.05) is 5.92 Å². The van der Waals surface area contributed by atoms with Gasteiger partial charge in [0.05, 0.1) is 31.5 Å². The molecule has 0 amide bonds. The Bertz CT molecular complexity index is 1550. The Kier molecular flexibility index (Phi) is 7.40. The summed E-state index contributed by atoms with van der Waals surface area (Å²) < 4.78 is 32.5. The first-order valence-electron chi connectivity index (χ1n) is 13.2. The van der Waals surface area contributed by atoms with Crippen LogP contribution in [-0.2, 0) is 18.3 Å². The molecule has 11 N–H and O–H groups in total. The van der Waals surface area contributed by atoms with Crippen LogP contribution in [0, 0.1) is 11.8 Å². The average molecular weight is 610 g/mol. The number of rotatable bonds is 3. The number of nitrogen functional groups attached to an aromatic ring is 1. The molecule has 3 aliphatic rings. The number of nitrogens with two attached hydrogens (primary N) is 3. The highest BCUT2D eigenvalue weighted by molar-refractivity contribution is 7.47. The molecule has 228 valence electrons. The quantitative estimate of drug-likeness (QED) is 0.156. The summed E-state index contributed by atoms with van der Waals surface area (Å²) in [6, 6.07) is 0. The van der Waals surface area contributed by atoms with E-state index in [1.54, 1.807) is 6.92 Å². The van der Waals surface area contributed by atoms with Crippen molar-refractivity contribution in [2.24, 2.45) is 28.3 Å². The van der Waals surface area contributed by atoms with Crippen molar-refractivity contribution >= 4 is 36.6 Å². The highest BCUT2D eigenvalue weighted by atomic mass is 31.2. The van der Waals surface area contributed by atoms with Crippen LogP contribution < -0.4 is 22.5 Å². The normalized spacial score (nSPS) is 36.4. The van der Waals surface area contributed by atoms with Crippen LogP contribution >= 0.6 is 7.82 Å². The molecule has 0 radical (unpaired) electrons. The van der Waals surface area contributed by atoms with Crippen molar-refractivity contribution in [2.45, 2.75) is 62.8 Å². The summed E-state index contributed by atoms with van der Waals surface area (Å²) in [5.74, 6) is -0.939. The number of nitrogens with one attached hydrogen (secondary N) is 1. The van der Waals surface area contributed by atoms with Gasteiger partial charge in [0.25, 0.3) is 0 Å². The lowest BCUT2D eigenvalue weighted by molar-refractivity contribution is -0.106. The lowest BCUT2D eigenvalue weighted by Crippen LogP contribution is -2.43. The Morgan fingerprint density at radius 3 is 2.71 bits per heavy atom. The zero-order valence-electron chi connectivity index (χ0n) is 22.3. The number of aliphatic hydroxyl groups is 3. The van der Waals surface area contributed by atoms with E-state index in [0.29, 0.717) is 24.0 Å². The molecule has 0 aliphatic carbocycles. The standard InChI is InChI=1S/C22H32N11O8P/c1-8-2-3-9-10(40-21(14(9)35)33-7-29-11-16(23)26-5-27-18(11)33)4-39-42(37,38)41-15(13(8)34)20(36)32-6-28-12-17(24)30-22(25)31-19(12)32/h5-10,13-15,17,20-21,34-36H,2-4,24H2,1H3,(H,37,38)(H2,23,26,27)(H3,25,30,31)/t8?,9-,10-,13-,14-,15-,17?,20-,21-/m1/s1. The number of ether oxygens (including phenoxy) is 1. The van der Waals surface area contributed by atoms with Crippen molar-refractivity contribution in [3.63, 3.8) is 0 Å². The summed E-state index contributed by atoms with van der Waals surface area (Å²) in [5.41, 5.74) is 18.6. The second-order valence-electron chi connectivity index (χ2n) is 10.6. The molecule has 2 fully saturated rings. The van der Waals surface area contributed by atoms with Crippen LogP contribution in [-0.4, -0.2) is 86.3 Å². The van der Waals surface area contributed by atoms with E-state index in [1.165, 1.54) is 23.5 Å². The number of imidazole rings is 2. The summed E-state index contributed by atoms with van der Waals surface area (Å²) in [7, 11) is -4.92. The van der Waals surface area contributed by atoms with Gasteiger partial charge in [-0.25, -0.2) is 24.5 Å². The fraction of sp³-hybridized carbons (Fsp3) is 0.591. The molecular weight excluding hydrogens is 577 g/mol. The number of phosphoric acid groups is 1. The Hall–Kier alpha value is -3.26. The van der Waals surface area contributed by atoms with Gasteiger partial charge < -0.3 is 47.5 Å². The zero-order chi connectivity index (χ0) is 29.9. The first-order valence-corrected chi connectivity index (χ1v) is 14.7. The summed E-state index contributed by atoms with van der Waals surface area (Å²) in [6.45, 7) is 1.25. The van der Waals surface area contributed by atoms with Gasteiger partial charge in [0.15, 0.2) is 35.7 Å². The number of aliphatic imine (C=N–C) groups is 1. The van der Waals surface area contributed by atoms with Crippen LogP contribution in [0.25, 0.3) is 11.2 Å². The van der Waals surface area contributed by atoms with Gasteiger partial charge in [-0.15, -0.1) is 0 Å². The van der Waals surface area contributed by atoms with Gasteiger partial charge in [-0.05, 0) is 18.8 Å². The molecule has 3 aliphatic heterocycles. The van der Waals surface area contributed by atoms with Crippen molar-refractivity contribution in [2.75, 3.05) is 12.3 Å². The Balaban J connectivity index is 1.26. The third-order valence-electron chi connectivity index (χ3n) is 7.91. The van der Waals surface area contributed by atoms with Gasteiger partial charge in [-0.3, -0.25) is 18.2 Å². The Morgan fingerprint density at radius 1 is 1.14 bits per heavy atom. The fourth-order valence-electron chi connectivity index (χ4n) is 5.62. The summed E-state index contributed by atoms with van der Waals surface area (Å²) >= 11 is 0. The van der Waals surface area contributed by atoms with E-state index < -0.39 is 69.3 Å². The number of phosphoric ester groups is 1. The molecule has 2 saturated heterocycles. The molecule has 3 unspecified atom stereocenters. The van der Waals surface area contributed by atoms with E-state index in [1.807, 2.05) is 0 Å². The molecule has 0 saturated carbocycles. The molecular formula is C22H32N11O8P. The number of aliphatic hydroxyl groups excluding tert-OH is 3. The molecule has 42 heavy (non-hydrogen) atoms. The summed E-state index contributed by atoms with van der Waals surface area (Å²) in [4.78, 5) is 31.3. The van der Waals surface area contributed by atoms with E-state index in [0.717, 1.165) is 4.57 Å². The first kappa shape index (κ1) is 28.8. The minimum absolute atomic E-state index is 0.0274. The van der Waals surface area contributed by atoms with Crippen molar-refractivity contribution in [3.05, 3.63) is 24.7 Å². The molecule has 19 nitrogen and oxygen atoms in total. The molecule has 3 aromatic heterocycles. The topological polar surface area (TPSA) is 290 Å². The molecule has 0 bridgehead atoms. The Morgan fingerprint density at radius 2 is 1.93 bits per heavy atom. The number of aromatic nitrogens is 6. The largest absolute Gasteiger partial charge is 0.472 e. The Labute approximate surface area is 238 Å². The smallest absolute Gasteiger partial charge is 0.390 e. The van der Waals surface area contributed by atoms with Gasteiger partial charge in [-0.1, -0.05) is 6.92 Å². The van der Waals surface area contributed by atoms with E-state index in [2.05, 4.69) is 30.2 Å². The van der Waals surface area contributed by atoms with Gasteiger partial charge in [0.1, 0.15) is 35.9 Å². The van der Waals surface area contributed by atoms with Crippen LogP contribution in [0.5, 0.6) is 0 Å². The SMILES string of the molecule is CC1CC[C@H]2[C@@H](O)[C@H](n3cnc4c(N)ncnc43)O[C@@H]2COP(=O)(O)O[C@@H]([C@@H](O)n2cnc3c2N=C(N)NC3N)[C@@H]1O. The maximum absolute atomic E-state index is 13.1. The van der Waals surface area contributed by atoms with Crippen LogP contribution in [0.2, 0.25) is 0 Å². The molecule has 6 rings (SSSR count). The van der Waals surface area contributed by atoms with E-state index in [4.69, 9.17) is 31.0 Å². The predicted octanol–water partition coefficient (Wildman–Crippen LogP) is -1.53. The van der Waals surface area contributed by atoms with E-state index in [9.17, 15) is 24.8 Å². The van der Waals surface area contributed by atoms with Crippen molar-refractivity contribution in [1.29, 1.82) is 0 Å².